The van der Waals surface area contributed by atoms with Gasteiger partial charge in [-0.2, -0.15) is 0 Å². The fourth-order valence-electron chi connectivity index (χ4n) is 7.97. The zero-order chi connectivity index (χ0) is 18.2. The number of rotatable bonds is 2. The van der Waals surface area contributed by atoms with Crippen molar-refractivity contribution in [3.05, 3.63) is 0 Å². The minimum atomic E-state index is -0.0288. The van der Waals surface area contributed by atoms with Crippen LogP contribution in [0.25, 0.3) is 0 Å². The molecule has 0 saturated heterocycles. The molecule has 7 unspecified atom stereocenters. The highest BCUT2D eigenvalue weighted by atomic mass is 16.3. The Morgan fingerprint density at radius 1 is 0.840 bits per heavy atom. The standard InChI is InChI=1S/C21H36O2.C2H6/c1-20-11-8-19-17(18(20)6-4-14(20)9-12-22)5-3-15-13-16(23)7-10-21(15,19)2;1-2/h14-19,22-23H,3-13H2,1-2H3;1-2H3/t14?,15?,16-,17?,18?,19?,20?,21?;/m1./s1. The average Bonchev–Trinajstić information content (AvgIpc) is 2.94. The smallest absolute Gasteiger partial charge is 0.0543 e. The lowest BCUT2D eigenvalue weighted by molar-refractivity contribution is -0.127. The number of fused-ring (bicyclic) bond motifs is 5. The molecule has 0 aromatic rings. The summed E-state index contributed by atoms with van der Waals surface area (Å²) in [7, 11) is 0. The number of aliphatic hydroxyl groups is 2. The maximum absolute atomic E-state index is 10.1. The van der Waals surface area contributed by atoms with E-state index in [2.05, 4.69) is 13.8 Å². The monoisotopic (exact) mass is 350 g/mol. The number of hydrogen-bond donors (Lipinski definition) is 2. The molecule has 4 rings (SSSR count). The summed E-state index contributed by atoms with van der Waals surface area (Å²) >= 11 is 0. The maximum Gasteiger partial charge on any atom is 0.0543 e. The van der Waals surface area contributed by atoms with Crippen molar-refractivity contribution in [1.82, 2.24) is 0 Å². The Morgan fingerprint density at radius 3 is 2.24 bits per heavy atom. The summed E-state index contributed by atoms with van der Waals surface area (Å²) in [5.41, 5.74) is 1.000. The van der Waals surface area contributed by atoms with Crippen LogP contribution in [0.4, 0.5) is 0 Å². The third kappa shape index (κ3) is 3.10. The maximum atomic E-state index is 10.1. The molecule has 0 heterocycles. The van der Waals surface area contributed by atoms with Gasteiger partial charge in [-0.05, 0) is 105 Å². The summed E-state index contributed by atoms with van der Waals surface area (Å²) in [6.07, 6.45) is 12.7. The fourth-order valence-corrected chi connectivity index (χ4v) is 7.97. The first-order chi connectivity index (χ1) is 12.0. The average molecular weight is 351 g/mol. The number of aliphatic hydroxyl groups excluding tert-OH is 2. The van der Waals surface area contributed by atoms with Crippen molar-refractivity contribution in [2.45, 2.75) is 98.0 Å². The van der Waals surface area contributed by atoms with Gasteiger partial charge in [-0.3, -0.25) is 0 Å². The van der Waals surface area contributed by atoms with Crippen LogP contribution in [0.3, 0.4) is 0 Å². The highest BCUT2D eigenvalue weighted by Gasteiger charge is 2.59. The largest absolute Gasteiger partial charge is 0.396 e. The summed E-state index contributed by atoms with van der Waals surface area (Å²) in [6, 6.07) is 0. The molecule has 0 bridgehead atoms. The summed E-state index contributed by atoms with van der Waals surface area (Å²) in [5, 5.41) is 19.6. The van der Waals surface area contributed by atoms with Gasteiger partial charge in [0.25, 0.3) is 0 Å². The van der Waals surface area contributed by atoms with E-state index in [0.29, 0.717) is 17.4 Å². The lowest BCUT2D eigenvalue weighted by Gasteiger charge is -2.61. The van der Waals surface area contributed by atoms with Crippen molar-refractivity contribution in [3.8, 4) is 0 Å². The Labute approximate surface area is 155 Å². The van der Waals surface area contributed by atoms with E-state index in [-0.39, 0.29) is 6.10 Å². The summed E-state index contributed by atoms with van der Waals surface area (Å²) < 4.78 is 0. The molecule has 25 heavy (non-hydrogen) atoms. The van der Waals surface area contributed by atoms with Crippen LogP contribution in [0, 0.1) is 40.4 Å². The minimum Gasteiger partial charge on any atom is -0.396 e. The van der Waals surface area contributed by atoms with E-state index in [0.717, 1.165) is 48.9 Å². The molecular weight excluding hydrogens is 308 g/mol. The highest BCUT2D eigenvalue weighted by molar-refractivity contribution is 5.09. The second-order valence-corrected chi connectivity index (χ2v) is 9.92. The fraction of sp³-hybridized carbons (Fsp3) is 1.00. The Balaban J connectivity index is 0.000000880. The summed E-state index contributed by atoms with van der Waals surface area (Å²) in [6.45, 7) is 9.50. The van der Waals surface area contributed by atoms with Gasteiger partial charge in [0.1, 0.15) is 0 Å². The first-order valence-corrected chi connectivity index (χ1v) is 11.3. The molecule has 8 atom stereocenters. The van der Waals surface area contributed by atoms with Crippen LogP contribution in [0.15, 0.2) is 0 Å². The van der Waals surface area contributed by atoms with Crippen LogP contribution >= 0.6 is 0 Å². The molecule has 0 aromatic heterocycles. The van der Waals surface area contributed by atoms with E-state index in [9.17, 15) is 10.2 Å². The molecule has 0 aliphatic heterocycles. The zero-order valence-electron chi connectivity index (χ0n) is 17.1. The molecule has 0 aromatic carbocycles. The van der Waals surface area contributed by atoms with Crippen molar-refractivity contribution in [2.75, 3.05) is 6.61 Å². The van der Waals surface area contributed by atoms with Gasteiger partial charge >= 0.3 is 0 Å². The SMILES string of the molecule is CC.CC12CCC3C(CCC4C[C@H](O)CCC43C)C1CCC2CCO. The molecule has 0 amide bonds. The van der Waals surface area contributed by atoms with Crippen LogP contribution in [0.1, 0.15) is 91.9 Å². The quantitative estimate of drug-likeness (QED) is 0.698. The van der Waals surface area contributed by atoms with Gasteiger partial charge in [0, 0.05) is 6.61 Å². The van der Waals surface area contributed by atoms with Gasteiger partial charge in [0.05, 0.1) is 6.10 Å². The van der Waals surface area contributed by atoms with Crippen LogP contribution in [-0.2, 0) is 0 Å². The Hall–Kier alpha value is -0.0800. The molecular formula is C23H42O2. The molecule has 0 radical (unpaired) electrons. The summed E-state index contributed by atoms with van der Waals surface area (Å²) in [4.78, 5) is 0. The predicted molar refractivity (Wildman–Crippen MR) is 104 cm³/mol. The van der Waals surface area contributed by atoms with Crippen LogP contribution in [0.2, 0.25) is 0 Å². The molecule has 2 N–H and O–H groups in total. The van der Waals surface area contributed by atoms with Gasteiger partial charge in [-0.25, -0.2) is 0 Å². The Bertz CT molecular complexity index is 449. The highest BCUT2D eigenvalue weighted by Crippen LogP contribution is 2.67. The van der Waals surface area contributed by atoms with Crippen LogP contribution in [0.5, 0.6) is 0 Å². The third-order valence-corrected chi connectivity index (χ3v) is 9.31. The molecule has 2 nitrogen and oxygen atoms in total. The van der Waals surface area contributed by atoms with Crippen LogP contribution < -0.4 is 0 Å². The molecule has 0 spiro atoms. The van der Waals surface area contributed by atoms with Gasteiger partial charge in [-0.1, -0.05) is 27.7 Å². The lowest BCUT2D eigenvalue weighted by Crippen LogP contribution is -2.53. The normalized spacial score (nSPS) is 51.6. The van der Waals surface area contributed by atoms with E-state index in [1.54, 1.807) is 0 Å². The van der Waals surface area contributed by atoms with Gasteiger partial charge in [0.15, 0.2) is 0 Å². The molecule has 4 aliphatic rings. The molecule has 4 aliphatic carbocycles. The molecule has 4 saturated carbocycles. The van der Waals surface area contributed by atoms with Gasteiger partial charge < -0.3 is 10.2 Å². The van der Waals surface area contributed by atoms with Gasteiger partial charge in [-0.15, -0.1) is 0 Å². The minimum absolute atomic E-state index is 0.0288. The van der Waals surface area contributed by atoms with Crippen molar-refractivity contribution < 1.29 is 10.2 Å². The first-order valence-electron chi connectivity index (χ1n) is 11.3. The second kappa shape index (κ2) is 7.50. The van der Waals surface area contributed by atoms with Crippen LogP contribution in [-0.4, -0.2) is 22.9 Å². The van der Waals surface area contributed by atoms with E-state index in [1.165, 1.54) is 44.9 Å². The summed E-state index contributed by atoms with van der Waals surface area (Å²) in [5.74, 6) is 4.26. The van der Waals surface area contributed by atoms with E-state index in [4.69, 9.17) is 0 Å². The van der Waals surface area contributed by atoms with E-state index >= 15 is 0 Å². The van der Waals surface area contributed by atoms with Crippen molar-refractivity contribution >= 4 is 0 Å². The molecule has 4 fully saturated rings. The molecule has 2 heteroatoms. The van der Waals surface area contributed by atoms with Crippen molar-refractivity contribution in [2.24, 2.45) is 40.4 Å². The van der Waals surface area contributed by atoms with Crippen molar-refractivity contribution in [1.29, 1.82) is 0 Å². The second-order valence-electron chi connectivity index (χ2n) is 9.92. The number of hydrogen-bond acceptors (Lipinski definition) is 2. The Kier molecular flexibility index (Phi) is 5.91. The van der Waals surface area contributed by atoms with E-state index in [1.807, 2.05) is 13.8 Å². The third-order valence-electron chi connectivity index (χ3n) is 9.31. The van der Waals surface area contributed by atoms with Gasteiger partial charge in [0.2, 0.25) is 0 Å². The first kappa shape index (κ1) is 19.7. The topological polar surface area (TPSA) is 40.5 Å². The lowest BCUT2D eigenvalue weighted by atomic mass is 9.44. The Morgan fingerprint density at radius 2 is 1.52 bits per heavy atom. The van der Waals surface area contributed by atoms with E-state index < -0.39 is 0 Å². The predicted octanol–water partition coefficient (Wildman–Crippen LogP) is 5.41. The van der Waals surface area contributed by atoms with Crippen molar-refractivity contribution in [3.63, 3.8) is 0 Å². The molecule has 146 valence electrons. The zero-order valence-corrected chi connectivity index (χ0v) is 17.1.